The molecule has 2 saturated carbocycles. The van der Waals surface area contributed by atoms with Gasteiger partial charge in [0.2, 0.25) is 5.91 Å². The third-order valence-electron chi connectivity index (χ3n) is 6.74. The third kappa shape index (κ3) is 5.59. The van der Waals surface area contributed by atoms with E-state index < -0.39 is 0 Å². The number of nitrogens with one attached hydrogen (secondary N) is 1. The molecule has 162 valence electrons. The van der Waals surface area contributed by atoms with E-state index in [0.29, 0.717) is 23.0 Å². The number of rotatable bonds is 6. The van der Waals surface area contributed by atoms with E-state index in [1.54, 1.807) is 18.9 Å². The molecule has 4 aliphatic rings. The molecular weight excluding hydrogens is 402 g/mol. The van der Waals surface area contributed by atoms with Gasteiger partial charge in [-0.25, -0.2) is 4.99 Å². The van der Waals surface area contributed by atoms with Crippen LogP contribution in [0.2, 0.25) is 0 Å². The summed E-state index contributed by atoms with van der Waals surface area (Å²) in [6, 6.07) is 0. The average Bonchev–Trinajstić information content (AvgIpc) is 3.40. The topological polar surface area (TPSA) is 63.0 Å². The van der Waals surface area contributed by atoms with Gasteiger partial charge in [-0.15, -0.1) is 0 Å². The molecule has 0 bridgehead atoms. The largest absolute Gasteiger partial charge is 0.381 e. The molecule has 2 aliphatic heterocycles. The van der Waals surface area contributed by atoms with Gasteiger partial charge in [-0.1, -0.05) is 24.6 Å². The second-order valence-electron chi connectivity index (χ2n) is 8.94. The maximum Gasteiger partial charge on any atom is 0.230 e. The lowest BCUT2D eigenvalue weighted by Gasteiger charge is -2.28. The maximum absolute atomic E-state index is 12.5. The predicted octanol–water partition coefficient (Wildman–Crippen LogP) is 4.45. The fourth-order valence-electron chi connectivity index (χ4n) is 5.08. The zero-order valence-electron chi connectivity index (χ0n) is 17.7. The molecular formula is C22H35N3O2S2. The predicted molar refractivity (Wildman–Crippen MR) is 124 cm³/mol. The van der Waals surface area contributed by atoms with Gasteiger partial charge in [0.05, 0.1) is 17.6 Å². The first kappa shape index (κ1) is 21.7. The lowest BCUT2D eigenvalue weighted by Crippen LogP contribution is -2.34. The number of carbonyl (C=O) groups is 1. The summed E-state index contributed by atoms with van der Waals surface area (Å²) < 4.78 is 5.51. The number of hydrogen-bond donors (Lipinski definition) is 1. The van der Waals surface area contributed by atoms with E-state index in [-0.39, 0.29) is 11.6 Å². The Bertz CT molecular complexity index is 640. The van der Waals surface area contributed by atoms with Gasteiger partial charge in [0, 0.05) is 18.9 Å². The van der Waals surface area contributed by atoms with Gasteiger partial charge in [-0.2, -0.15) is 11.8 Å². The lowest BCUT2D eigenvalue weighted by molar-refractivity contribution is -0.118. The van der Waals surface area contributed by atoms with E-state index in [0.717, 1.165) is 37.3 Å². The number of nitrogens with zero attached hydrogens (tertiary/aromatic N) is 2. The van der Waals surface area contributed by atoms with Crippen LogP contribution in [0.25, 0.3) is 0 Å². The first-order valence-corrected chi connectivity index (χ1v) is 13.4. The van der Waals surface area contributed by atoms with Crippen molar-refractivity contribution in [2.45, 2.75) is 87.6 Å². The smallest absolute Gasteiger partial charge is 0.230 e. The zero-order valence-corrected chi connectivity index (χ0v) is 19.3. The molecule has 1 saturated heterocycles. The van der Waals surface area contributed by atoms with Crippen LogP contribution in [0.1, 0.15) is 70.6 Å². The van der Waals surface area contributed by atoms with Crippen molar-refractivity contribution >= 4 is 40.2 Å². The molecule has 1 N–H and O–H groups in total. The van der Waals surface area contributed by atoms with Gasteiger partial charge < -0.3 is 10.1 Å². The van der Waals surface area contributed by atoms with E-state index in [9.17, 15) is 4.79 Å². The summed E-state index contributed by atoms with van der Waals surface area (Å²) in [5, 5.41) is 4.70. The minimum Gasteiger partial charge on any atom is -0.381 e. The van der Waals surface area contributed by atoms with Crippen LogP contribution in [0.3, 0.4) is 0 Å². The summed E-state index contributed by atoms with van der Waals surface area (Å²) in [5.74, 6) is 2.34. The fourth-order valence-corrected chi connectivity index (χ4v) is 7.37. The van der Waals surface area contributed by atoms with Crippen LogP contribution in [-0.4, -0.2) is 58.8 Å². The van der Waals surface area contributed by atoms with Crippen LogP contribution in [-0.2, 0) is 9.53 Å². The molecule has 29 heavy (non-hydrogen) atoms. The van der Waals surface area contributed by atoms with Gasteiger partial charge in [-0.3, -0.25) is 9.79 Å². The average molecular weight is 438 g/mol. The highest BCUT2D eigenvalue weighted by Gasteiger charge is 2.40. The molecule has 7 heteroatoms. The van der Waals surface area contributed by atoms with Crippen molar-refractivity contribution < 1.29 is 9.53 Å². The highest BCUT2D eigenvalue weighted by Crippen LogP contribution is 2.41. The van der Waals surface area contributed by atoms with E-state index in [4.69, 9.17) is 14.7 Å². The molecule has 2 aliphatic carbocycles. The van der Waals surface area contributed by atoms with E-state index in [2.05, 4.69) is 5.32 Å². The molecule has 2 heterocycles. The van der Waals surface area contributed by atoms with E-state index in [1.165, 1.54) is 56.4 Å². The standard InChI is InChI=1S/C22H35N3O2S2/c1-27-17-8-5-7-16(13-17)14-23-19(26)15-29-21-20(18-9-6-12-28-18)24-22(25-21)10-3-2-4-11-22/h16-18H,2-15H2,1H3,(H,23,26). The highest BCUT2D eigenvalue weighted by molar-refractivity contribution is 8.16. The van der Waals surface area contributed by atoms with Crippen LogP contribution in [0.4, 0.5) is 0 Å². The van der Waals surface area contributed by atoms with Crippen molar-refractivity contribution in [2.24, 2.45) is 15.9 Å². The minimum atomic E-state index is -0.202. The molecule has 4 rings (SSSR count). The number of amides is 1. The SMILES string of the molecule is COC1CCCC(CNC(=O)CSC2=NC3(CCCCC3)N=C2C2CCCS2)C1. The van der Waals surface area contributed by atoms with Crippen molar-refractivity contribution in [1.29, 1.82) is 0 Å². The fraction of sp³-hybridized carbons (Fsp3) is 0.864. The first-order chi connectivity index (χ1) is 14.2. The highest BCUT2D eigenvalue weighted by atomic mass is 32.2. The maximum atomic E-state index is 12.5. The molecule has 3 unspecified atom stereocenters. The quantitative estimate of drug-likeness (QED) is 0.667. The minimum absolute atomic E-state index is 0.125. The number of thioether (sulfide) groups is 2. The summed E-state index contributed by atoms with van der Waals surface area (Å²) in [6.45, 7) is 0.773. The van der Waals surface area contributed by atoms with Crippen LogP contribution in [0, 0.1) is 5.92 Å². The molecule has 0 aromatic rings. The Morgan fingerprint density at radius 2 is 2.03 bits per heavy atom. The Morgan fingerprint density at radius 3 is 2.79 bits per heavy atom. The number of hydrogen-bond acceptors (Lipinski definition) is 6. The Hall–Kier alpha value is -0.530. The van der Waals surface area contributed by atoms with Crippen molar-refractivity contribution in [1.82, 2.24) is 5.32 Å². The molecule has 1 amide bonds. The summed E-state index contributed by atoms with van der Waals surface area (Å²) in [5.41, 5.74) is 0.995. The second-order valence-corrected chi connectivity index (χ2v) is 11.2. The molecule has 0 aromatic heterocycles. The molecule has 0 radical (unpaired) electrons. The van der Waals surface area contributed by atoms with Crippen LogP contribution in [0.15, 0.2) is 9.98 Å². The summed E-state index contributed by atoms with van der Waals surface area (Å²) in [4.78, 5) is 22.8. The van der Waals surface area contributed by atoms with Crippen LogP contribution < -0.4 is 5.32 Å². The van der Waals surface area contributed by atoms with Crippen LogP contribution >= 0.6 is 23.5 Å². The Labute approximate surface area is 183 Å². The Kier molecular flexibility index (Phi) is 7.62. The summed E-state index contributed by atoms with van der Waals surface area (Å²) >= 11 is 3.63. The Morgan fingerprint density at radius 1 is 1.17 bits per heavy atom. The third-order valence-corrected chi connectivity index (χ3v) is 9.11. The van der Waals surface area contributed by atoms with Gasteiger partial charge in [0.25, 0.3) is 0 Å². The van der Waals surface area contributed by atoms with E-state index >= 15 is 0 Å². The molecule has 5 nitrogen and oxygen atoms in total. The molecule has 3 fully saturated rings. The number of aliphatic imine (C=N–C) groups is 2. The Balaban J connectivity index is 1.30. The van der Waals surface area contributed by atoms with Gasteiger partial charge in [0.15, 0.2) is 5.66 Å². The second kappa shape index (κ2) is 10.2. The van der Waals surface area contributed by atoms with Crippen molar-refractivity contribution in [3.8, 4) is 0 Å². The van der Waals surface area contributed by atoms with Crippen molar-refractivity contribution in [2.75, 3.05) is 25.2 Å². The number of carbonyl (C=O) groups excluding carboxylic acids is 1. The normalized spacial score (nSPS) is 31.6. The first-order valence-electron chi connectivity index (χ1n) is 11.4. The van der Waals surface area contributed by atoms with E-state index in [1.807, 2.05) is 11.8 Å². The van der Waals surface area contributed by atoms with Crippen molar-refractivity contribution in [3.63, 3.8) is 0 Å². The van der Waals surface area contributed by atoms with Gasteiger partial charge in [0.1, 0.15) is 5.04 Å². The monoisotopic (exact) mass is 437 g/mol. The number of methoxy groups -OCH3 is 1. The van der Waals surface area contributed by atoms with Crippen LogP contribution in [0.5, 0.6) is 0 Å². The van der Waals surface area contributed by atoms with Crippen molar-refractivity contribution in [3.05, 3.63) is 0 Å². The summed E-state index contributed by atoms with van der Waals surface area (Å²) in [7, 11) is 1.80. The molecule has 3 atom stereocenters. The van der Waals surface area contributed by atoms with Gasteiger partial charge >= 0.3 is 0 Å². The summed E-state index contributed by atoms with van der Waals surface area (Å²) in [6.07, 6.45) is 13.3. The molecule has 0 aromatic carbocycles. The number of ether oxygens (including phenoxy) is 1. The van der Waals surface area contributed by atoms with Gasteiger partial charge in [-0.05, 0) is 69.5 Å². The lowest BCUT2D eigenvalue weighted by atomic mass is 9.87. The molecule has 1 spiro atoms. The zero-order chi connectivity index (χ0) is 20.1.